The van der Waals surface area contributed by atoms with Crippen LogP contribution in [0.3, 0.4) is 0 Å². The van der Waals surface area contributed by atoms with Gasteiger partial charge in [-0.05, 0) is 43.5 Å². The van der Waals surface area contributed by atoms with Crippen LogP contribution in [0.2, 0.25) is 0 Å². The van der Waals surface area contributed by atoms with E-state index in [0.29, 0.717) is 17.9 Å². The van der Waals surface area contributed by atoms with Crippen molar-refractivity contribution in [2.75, 3.05) is 19.1 Å². The van der Waals surface area contributed by atoms with Crippen LogP contribution >= 0.6 is 0 Å². The zero-order valence-electron chi connectivity index (χ0n) is 28.6. The van der Waals surface area contributed by atoms with Crippen LogP contribution in [0.4, 0.5) is 10.5 Å². The number of hydrogen-bond donors (Lipinski definition) is 3. The smallest absolute Gasteiger partial charge is 0.409 e. The Morgan fingerprint density at radius 3 is 2.54 bits per heavy atom. The molecule has 2 saturated heterocycles. The highest BCUT2D eigenvalue weighted by Crippen LogP contribution is 2.49. The van der Waals surface area contributed by atoms with Crippen molar-refractivity contribution in [1.29, 1.82) is 0 Å². The number of alkyl carbamates (subject to hydrolysis) is 1. The number of ether oxygens (including phenoxy) is 4. The van der Waals surface area contributed by atoms with Gasteiger partial charge in [-0.1, -0.05) is 74.9 Å². The van der Waals surface area contributed by atoms with Crippen molar-refractivity contribution >= 4 is 23.7 Å². The molecule has 3 N–H and O–H groups in total. The lowest BCUT2D eigenvalue weighted by Gasteiger charge is -2.41. The van der Waals surface area contributed by atoms with Gasteiger partial charge >= 0.3 is 12.1 Å². The van der Waals surface area contributed by atoms with E-state index in [1.807, 2.05) is 55.5 Å². The number of rotatable bonds is 4. The molecule has 3 heterocycles. The monoisotopic (exact) mass is 662 g/mol. The first-order valence-electron chi connectivity index (χ1n) is 16.3. The van der Waals surface area contributed by atoms with E-state index in [0.717, 1.165) is 22.3 Å². The summed E-state index contributed by atoms with van der Waals surface area (Å²) < 4.78 is 23.6. The normalized spacial score (nSPS) is 32.7. The van der Waals surface area contributed by atoms with Crippen molar-refractivity contribution in [2.45, 2.75) is 89.6 Å². The van der Waals surface area contributed by atoms with E-state index in [1.54, 1.807) is 52.8 Å². The van der Waals surface area contributed by atoms with Crippen LogP contribution < -0.4 is 15.0 Å². The van der Waals surface area contributed by atoms with Gasteiger partial charge in [0.1, 0.15) is 29.7 Å². The number of allylic oxidation sites excluding steroid dienone is 3. The Hall–Kier alpha value is -4.19. The van der Waals surface area contributed by atoms with Gasteiger partial charge in [0.2, 0.25) is 5.91 Å². The fraction of sp³-hybridized carbons (Fsp3) is 0.486. The molecular weight excluding hydrogens is 616 g/mol. The topological polar surface area (TPSA) is 147 Å². The third kappa shape index (κ3) is 7.13. The predicted molar refractivity (Wildman–Crippen MR) is 179 cm³/mol. The first-order valence-corrected chi connectivity index (χ1v) is 16.3. The Labute approximate surface area is 281 Å². The minimum atomic E-state index is -2.00. The number of anilines is 1. The summed E-state index contributed by atoms with van der Waals surface area (Å²) in [6, 6.07) is 13.5. The largest absolute Gasteiger partial charge is 0.496 e. The maximum Gasteiger partial charge on any atom is 0.409 e. The number of carbonyl (C=O) groups excluding carboxylic acids is 3. The summed E-state index contributed by atoms with van der Waals surface area (Å²) in [5.41, 5.74) is 0.907. The van der Waals surface area contributed by atoms with Gasteiger partial charge in [0, 0.05) is 24.9 Å². The number of hydrogen-bond acceptors (Lipinski definition) is 9. The first kappa shape index (κ1) is 35.1. The number of fused-ring (bicyclic) bond motifs is 5. The number of benzene rings is 2. The Kier molecular flexibility index (Phi) is 10.1. The summed E-state index contributed by atoms with van der Waals surface area (Å²) in [5, 5.41) is 24.8. The molecule has 4 bridgehead atoms. The van der Waals surface area contributed by atoms with E-state index in [4.69, 9.17) is 18.9 Å². The fourth-order valence-electron chi connectivity index (χ4n) is 6.57. The Bertz CT molecular complexity index is 1610. The SMILES string of the molecule is COc1cc2cc(c1-c1ccccc1)N(C)C(=O)C[C@H](OC(=O)C(C)C)[C@]1(C)O[C@H]1[C@H](C)[C@@H]1C[C@@](O)(NC(=O)O1)[C@H](O)/C=C/C=C(\C)C2. The highest BCUT2D eigenvalue weighted by molar-refractivity contribution is 5.99. The second kappa shape index (κ2) is 13.7. The molecule has 2 fully saturated rings. The number of methoxy groups -OCH3 is 1. The van der Waals surface area contributed by atoms with Crippen LogP contribution in [-0.4, -0.2) is 78.1 Å². The Morgan fingerprint density at radius 1 is 1.17 bits per heavy atom. The zero-order chi connectivity index (χ0) is 35.0. The molecular formula is C37H46N2O9. The van der Waals surface area contributed by atoms with Crippen molar-refractivity contribution in [3.63, 3.8) is 0 Å². The molecule has 2 aromatic rings. The minimum Gasteiger partial charge on any atom is -0.496 e. The van der Waals surface area contributed by atoms with E-state index in [1.165, 1.54) is 6.08 Å². The number of nitrogens with zero attached hydrogens (tertiary/aromatic N) is 1. The van der Waals surface area contributed by atoms with Crippen LogP contribution in [0.5, 0.6) is 5.75 Å². The van der Waals surface area contributed by atoms with Gasteiger partial charge in [-0.3, -0.25) is 14.9 Å². The van der Waals surface area contributed by atoms with Crippen LogP contribution in [0, 0.1) is 11.8 Å². The van der Waals surface area contributed by atoms with Crippen molar-refractivity contribution in [3.05, 3.63) is 71.8 Å². The quantitative estimate of drug-likeness (QED) is 0.314. The summed E-state index contributed by atoms with van der Waals surface area (Å²) in [6.07, 6.45) is 0.289. The highest BCUT2D eigenvalue weighted by atomic mass is 16.7. The first-order chi connectivity index (χ1) is 22.7. The van der Waals surface area contributed by atoms with Crippen LogP contribution in [0.25, 0.3) is 11.1 Å². The summed E-state index contributed by atoms with van der Waals surface area (Å²) in [4.78, 5) is 41.4. The summed E-state index contributed by atoms with van der Waals surface area (Å²) in [7, 11) is 3.28. The average Bonchev–Trinajstić information content (AvgIpc) is 3.74. The number of nitrogens with one attached hydrogen (secondary N) is 1. The maximum atomic E-state index is 14.2. The highest BCUT2D eigenvalue weighted by Gasteiger charge is 2.64. The molecule has 48 heavy (non-hydrogen) atoms. The van der Waals surface area contributed by atoms with E-state index < -0.39 is 59.6 Å². The molecule has 0 radical (unpaired) electrons. The summed E-state index contributed by atoms with van der Waals surface area (Å²) in [6.45, 7) is 8.92. The Balaban J connectivity index is 1.62. The number of carbonyl (C=O) groups is 3. The summed E-state index contributed by atoms with van der Waals surface area (Å²) >= 11 is 0. The molecule has 0 saturated carbocycles. The molecule has 2 amide bonds. The number of aliphatic hydroxyl groups excluding tert-OH is 1. The van der Waals surface area contributed by atoms with Gasteiger partial charge in [0.25, 0.3) is 0 Å². The van der Waals surface area contributed by atoms with E-state index in [-0.39, 0.29) is 18.7 Å². The number of aliphatic hydroxyl groups is 2. The Morgan fingerprint density at radius 2 is 1.88 bits per heavy atom. The summed E-state index contributed by atoms with van der Waals surface area (Å²) in [5.74, 6) is -1.16. The molecule has 0 aromatic heterocycles. The van der Waals surface area contributed by atoms with Gasteiger partial charge in [-0.15, -0.1) is 0 Å². The van der Waals surface area contributed by atoms with Crippen LogP contribution in [0.1, 0.15) is 53.0 Å². The lowest BCUT2D eigenvalue weighted by Crippen LogP contribution is -2.63. The molecule has 0 spiro atoms. The van der Waals surface area contributed by atoms with E-state index in [2.05, 4.69) is 5.32 Å². The van der Waals surface area contributed by atoms with Gasteiger partial charge in [0.05, 0.1) is 31.2 Å². The molecule has 258 valence electrons. The van der Waals surface area contributed by atoms with Gasteiger partial charge in [-0.2, -0.15) is 0 Å². The van der Waals surface area contributed by atoms with Crippen LogP contribution in [0.15, 0.2) is 66.3 Å². The molecule has 2 aromatic carbocycles. The number of amides is 2. The lowest BCUT2D eigenvalue weighted by atomic mass is 9.83. The van der Waals surface area contributed by atoms with Crippen molar-refractivity contribution in [1.82, 2.24) is 5.32 Å². The lowest BCUT2D eigenvalue weighted by molar-refractivity contribution is -0.157. The standard InChI is InChI=1S/C37H46N2O9/c1-21(2)34(42)47-30-19-31(41)39(6)26-17-24(18-27(45-7)32(26)25-13-9-8-10-14-25)16-22(3)12-11-15-29(40)37(44)20-28(46-35(43)38-37)23(4)33-36(30,5)48-33/h8-15,17-18,21,23,28-30,33,40,44H,16,19-20H2,1-7H3,(H,38,43)/b15-11+,22-12+/t23-,28+,29-,30+,33+,36+,37+/m1/s1. The molecule has 0 aliphatic carbocycles. The van der Waals surface area contributed by atoms with Crippen molar-refractivity contribution < 1.29 is 43.5 Å². The second-order valence-corrected chi connectivity index (χ2v) is 13.6. The molecule has 3 aliphatic rings. The molecule has 0 unspecified atom stereocenters. The van der Waals surface area contributed by atoms with Crippen LogP contribution in [-0.2, 0) is 30.2 Å². The molecule has 5 rings (SSSR count). The second-order valence-electron chi connectivity index (χ2n) is 13.6. The predicted octanol–water partition coefficient (Wildman–Crippen LogP) is 4.68. The number of esters is 1. The van der Waals surface area contributed by atoms with E-state index >= 15 is 0 Å². The molecule has 7 atom stereocenters. The maximum absolute atomic E-state index is 14.2. The van der Waals surface area contributed by atoms with Gasteiger partial charge < -0.3 is 34.1 Å². The third-order valence-corrected chi connectivity index (χ3v) is 9.58. The zero-order valence-corrected chi connectivity index (χ0v) is 28.6. The van der Waals surface area contributed by atoms with Gasteiger partial charge in [0.15, 0.2) is 5.72 Å². The van der Waals surface area contributed by atoms with Gasteiger partial charge in [-0.25, -0.2) is 4.79 Å². The fourth-order valence-corrected chi connectivity index (χ4v) is 6.57. The third-order valence-electron chi connectivity index (χ3n) is 9.58. The van der Waals surface area contributed by atoms with Crippen molar-refractivity contribution in [2.24, 2.45) is 11.8 Å². The molecule has 11 nitrogen and oxygen atoms in total. The van der Waals surface area contributed by atoms with Crippen molar-refractivity contribution in [3.8, 4) is 16.9 Å². The molecule has 3 aliphatic heterocycles. The molecule has 11 heteroatoms. The number of epoxide rings is 1. The average molecular weight is 663 g/mol. The van der Waals surface area contributed by atoms with E-state index in [9.17, 15) is 24.6 Å². The minimum absolute atomic E-state index is 0.129.